The first-order valence-corrected chi connectivity index (χ1v) is 6.51. The van der Waals surface area contributed by atoms with E-state index >= 15 is 0 Å². The molecule has 0 spiro atoms. The third-order valence-corrected chi connectivity index (χ3v) is 2.44. The number of esters is 2. The lowest BCUT2D eigenvalue weighted by Gasteiger charge is -2.14. The van der Waals surface area contributed by atoms with Crippen molar-refractivity contribution < 1.29 is 22.7 Å². The van der Waals surface area contributed by atoms with Crippen LogP contribution in [-0.2, 0) is 24.2 Å². The van der Waals surface area contributed by atoms with E-state index in [1.165, 1.54) is 0 Å². The summed E-state index contributed by atoms with van der Waals surface area (Å²) in [6.07, 6.45) is 0.729. The maximum atomic E-state index is 11.2. The summed E-state index contributed by atoms with van der Waals surface area (Å²) in [5, 5.41) is 0. The van der Waals surface area contributed by atoms with Gasteiger partial charge in [-0.25, -0.2) is 8.42 Å². The van der Waals surface area contributed by atoms with Crippen LogP contribution in [0.1, 0.15) is 27.2 Å². The van der Waals surface area contributed by atoms with Gasteiger partial charge in [-0.3, -0.25) is 9.59 Å². The molecule has 6 heteroatoms. The minimum absolute atomic E-state index is 0.291. The molecule has 5 nitrogen and oxygen atoms in total. The third-order valence-electron chi connectivity index (χ3n) is 1.50. The molecular weight excluding hydrogens is 220 g/mol. The summed E-state index contributed by atoms with van der Waals surface area (Å²) in [6, 6.07) is 0. The number of hydrogen-bond acceptors (Lipinski definition) is 5. The molecule has 88 valence electrons. The standard InChI is InChI=1S/C9H16O5S/c1-9(2,3)8(11)14-7(10)5-6-15(4,12)13/h5-6H2,1-4H3. The number of rotatable bonds is 3. The van der Waals surface area contributed by atoms with E-state index in [9.17, 15) is 18.0 Å². The molecule has 0 aromatic heterocycles. The Hall–Kier alpha value is -0.910. The van der Waals surface area contributed by atoms with Gasteiger partial charge >= 0.3 is 11.9 Å². The van der Waals surface area contributed by atoms with Crippen molar-refractivity contribution in [2.75, 3.05) is 12.0 Å². The van der Waals surface area contributed by atoms with Crippen molar-refractivity contribution in [3.63, 3.8) is 0 Å². The first-order chi connectivity index (χ1) is 6.52. The van der Waals surface area contributed by atoms with Crippen molar-refractivity contribution in [2.45, 2.75) is 27.2 Å². The highest BCUT2D eigenvalue weighted by molar-refractivity contribution is 7.90. The van der Waals surface area contributed by atoms with E-state index in [0.29, 0.717) is 0 Å². The minimum atomic E-state index is -3.20. The molecule has 0 aromatic rings. The number of sulfone groups is 1. The van der Waals surface area contributed by atoms with E-state index in [0.717, 1.165) is 6.26 Å². The predicted molar refractivity (Wildman–Crippen MR) is 54.9 cm³/mol. The highest BCUT2D eigenvalue weighted by atomic mass is 32.2. The average Bonchev–Trinajstić information content (AvgIpc) is 1.97. The highest BCUT2D eigenvalue weighted by Gasteiger charge is 2.25. The zero-order chi connectivity index (χ0) is 12.3. The zero-order valence-corrected chi connectivity index (χ0v) is 10.2. The molecule has 0 amide bonds. The Bertz CT molecular complexity index is 347. The summed E-state index contributed by atoms with van der Waals surface area (Å²) in [5.41, 5.74) is -0.763. The molecule has 0 bridgehead atoms. The number of hydrogen-bond donors (Lipinski definition) is 0. The number of ether oxygens (including phenoxy) is 1. The Labute approximate surface area is 89.7 Å². The Morgan fingerprint density at radius 2 is 1.67 bits per heavy atom. The molecule has 0 N–H and O–H groups in total. The van der Waals surface area contributed by atoms with Crippen molar-refractivity contribution in [1.29, 1.82) is 0 Å². The van der Waals surface area contributed by atoms with Crippen LogP contribution in [0.4, 0.5) is 0 Å². The van der Waals surface area contributed by atoms with Crippen LogP contribution in [0.15, 0.2) is 0 Å². The number of carbonyl (C=O) groups excluding carboxylic acids is 2. The predicted octanol–water partition coefficient (Wildman–Crippen LogP) is 0.537. The molecule has 0 aliphatic carbocycles. The first-order valence-electron chi connectivity index (χ1n) is 4.45. The van der Waals surface area contributed by atoms with Gasteiger partial charge in [-0.05, 0) is 20.8 Å². The first kappa shape index (κ1) is 14.1. The molecule has 0 saturated heterocycles. The van der Waals surface area contributed by atoms with Crippen molar-refractivity contribution in [3.8, 4) is 0 Å². The van der Waals surface area contributed by atoms with Gasteiger partial charge in [0, 0.05) is 6.26 Å². The van der Waals surface area contributed by atoms with E-state index < -0.39 is 27.2 Å². The summed E-state index contributed by atoms with van der Waals surface area (Å²) in [6.45, 7) is 4.83. The second-order valence-corrected chi connectivity index (χ2v) is 6.65. The fourth-order valence-corrected chi connectivity index (χ4v) is 1.11. The lowest BCUT2D eigenvalue weighted by Crippen LogP contribution is -2.26. The molecule has 0 saturated carbocycles. The van der Waals surface area contributed by atoms with Crippen LogP contribution in [0.2, 0.25) is 0 Å². The monoisotopic (exact) mass is 236 g/mol. The van der Waals surface area contributed by atoms with Gasteiger partial charge in [0.2, 0.25) is 0 Å². The number of carbonyl (C=O) groups is 2. The molecule has 0 fully saturated rings. The van der Waals surface area contributed by atoms with Gasteiger partial charge in [-0.1, -0.05) is 0 Å². The van der Waals surface area contributed by atoms with Crippen LogP contribution < -0.4 is 0 Å². The topological polar surface area (TPSA) is 77.5 Å². The van der Waals surface area contributed by atoms with Crippen LogP contribution in [0, 0.1) is 5.41 Å². The molecular formula is C9H16O5S. The molecule has 0 aliphatic heterocycles. The van der Waals surface area contributed by atoms with Gasteiger partial charge in [0.05, 0.1) is 17.6 Å². The maximum Gasteiger partial charge on any atom is 0.318 e. The second-order valence-electron chi connectivity index (χ2n) is 4.39. The Balaban J connectivity index is 4.13. The van der Waals surface area contributed by atoms with E-state index in [4.69, 9.17) is 0 Å². The largest absolute Gasteiger partial charge is 0.393 e. The van der Waals surface area contributed by atoms with Gasteiger partial charge in [0.1, 0.15) is 9.84 Å². The van der Waals surface area contributed by atoms with E-state index in [2.05, 4.69) is 4.74 Å². The fourth-order valence-electron chi connectivity index (χ4n) is 0.576. The quantitative estimate of drug-likeness (QED) is 0.528. The van der Waals surface area contributed by atoms with Crippen LogP contribution in [0.5, 0.6) is 0 Å². The normalized spacial score (nSPS) is 12.3. The van der Waals surface area contributed by atoms with E-state index in [1.807, 2.05) is 0 Å². The SMILES string of the molecule is CC(C)(C)C(=O)OC(=O)CCS(C)(=O)=O. The molecule has 0 rings (SSSR count). The summed E-state index contributed by atoms with van der Waals surface area (Å²) >= 11 is 0. The van der Waals surface area contributed by atoms with Crippen molar-refractivity contribution in [3.05, 3.63) is 0 Å². The van der Waals surface area contributed by atoms with Crippen LogP contribution >= 0.6 is 0 Å². The molecule has 0 radical (unpaired) electrons. The second kappa shape index (κ2) is 4.74. The Kier molecular flexibility index (Phi) is 4.45. The zero-order valence-electron chi connectivity index (χ0n) is 9.36. The maximum absolute atomic E-state index is 11.2. The summed E-state index contributed by atoms with van der Waals surface area (Å²) in [5.74, 6) is -1.76. The Morgan fingerprint density at radius 3 is 2.00 bits per heavy atom. The summed E-state index contributed by atoms with van der Waals surface area (Å²) in [4.78, 5) is 22.2. The average molecular weight is 236 g/mol. The van der Waals surface area contributed by atoms with Crippen LogP contribution in [-0.4, -0.2) is 32.4 Å². The van der Waals surface area contributed by atoms with Gasteiger partial charge < -0.3 is 4.74 Å². The van der Waals surface area contributed by atoms with Gasteiger partial charge in [-0.2, -0.15) is 0 Å². The molecule has 0 atom stereocenters. The summed E-state index contributed by atoms with van der Waals surface area (Å²) < 4.78 is 25.9. The summed E-state index contributed by atoms with van der Waals surface area (Å²) in [7, 11) is -3.20. The van der Waals surface area contributed by atoms with Gasteiger partial charge in [0.15, 0.2) is 0 Å². The smallest absolute Gasteiger partial charge is 0.318 e. The fraction of sp³-hybridized carbons (Fsp3) is 0.778. The van der Waals surface area contributed by atoms with Crippen LogP contribution in [0.3, 0.4) is 0 Å². The van der Waals surface area contributed by atoms with Gasteiger partial charge in [0.25, 0.3) is 0 Å². The van der Waals surface area contributed by atoms with Gasteiger partial charge in [-0.15, -0.1) is 0 Å². The minimum Gasteiger partial charge on any atom is -0.393 e. The van der Waals surface area contributed by atoms with Crippen molar-refractivity contribution in [2.24, 2.45) is 5.41 Å². The molecule has 0 aromatic carbocycles. The Morgan fingerprint density at radius 1 is 1.20 bits per heavy atom. The van der Waals surface area contributed by atoms with Crippen molar-refractivity contribution >= 4 is 21.8 Å². The lowest BCUT2D eigenvalue weighted by atomic mass is 9.97. The molecule has 0 aliphatic rings. The van der Waals surface area contributed by atoms with Crippen LogP contribution in [0.25, 0.3) is 0 Å². The molecule has 0 heterocycles. The molecule has 15 heavy (non-hydrogen) atoms. The van der Waals surface area contributed by atoms with E-state index in [1.54, 1.807) is 20.8 Å². The highest BCUT2D eigenvalue weighted by Crippen LogP contribution is 2.15. The van der Waals surface area contributed by atoms with Crippen molar-refractivity contribution in [1.82, 2.24) is 0 Å². The molecule has 0 unspecified atom stereocenters. The van der Waals surface area contributed by atoms with E-state index in [-0.39, 0.29) is 12.2 Å². The lowest BCUT2D eigenvalue weighted by molar-refractivity contribution is -0.165. The third kappa shape index (κ3) is 7.07.